The van der Waals surface area contributed by atoms with E-state index >= 15 is 0 Å². The predicted octanol–water partition coefficient (Wildman–Crippen LogP) is 4.72. The first-order valence-electron chi connectivity index (χ1n) is 9.42. The standard InChI is InChI=1S/C23H21N5O/c29-23(13-14-28-17-24-16-25-28)27-22-15-20(26-19-9-5-2-6-10-19)11-12-21(22)18-7-3-1-4-8-18/h1-12,15-17,26H,13-14H2,(H,27,29). The summed E-state index contributed by atoms with van der Waals surface area (Å²) in [6.45, 7) is 0.481. The molecule has 0 unspecified atom stereocenters. The van der Waals surface area contributed by atoms with Gasteiger partial charge in [0, 0.05) is 23.4 Å². The van der Waals surface area contributed by atoms with Crippen LogP contribution in [0.4, 0.5) is 17.1 Å². The molecule has 0 aliphatic heterocycles. The molecule has 1 amide bonds. The lowest BCUT2D eigenvalue weighted by Gasteiger charge is -2.15. The summed E-state index contributed by atoms with van der Waals surface area (Å²) in [5, 5.41) is 10.5. The molecular formula is C23H21N5O. The number of anilines is 3. The van der Waals surface area contributed by atoms with Gasteiger partial charge in [-0.1, -0.05) is 54.6 Å². The fraction of sp³-hybridized carbons (Fsp3) is 0.0870. The Kier molecular flexibility index (Phi) is 5.62. The van der Waals surface area contributed by atoms with E-state index in [0.717, 1.165) is 28.2 Å². The second-order valence-corrected chi connectivity index (χ2v) is 6.57. The second-order valence-electron chi connectivity index (χ2n) is 6.57. The fourth-order valence-electron chi connectivity index (χ4n) is 3.06. The Labute approximate surface area is 169 Å². The van der Waals surface area contributed by atoms with Crippen molar-refractivity contribution in [1.29, 1.82) is 0 Å². The van der Waals surface area contributed by atoms with Gasteiger partial charge in [-0.15, -0.1) is 0 Å². The summed E-state index contributed by atoms with van der Waals surface area (Å²) in [6, 6.07) is 26.0. The largest absolute Gasteiger partial charge is 0.355 e. The average molecular weight is 383 g/mol. The van der Waals surface area contributed by atoms with Crippen LogP contribution >= 0.6 is 0 Å². The van der Waals surface area contributed by atoms with Crippen LogP contribution < -0.4 is 10.6 Å². The molecule has 6 nitrogen and oxygen atoms in total. The maximum absolute atomic E-state index is 12.6. The molecule has 144 valence electrons. The number of nitrogens with one attached hydrogen (secondary N) is 2. The van der Waals surface area contributed by atoms with Gasteiger partial charge in [0.2, 0.25) is 5.91 Å². The molecule has 0 radical (unpaired) electrons. The quantitative estimate of drug-likeness (QED) is 0.484. The van der Waals surface area contributed by atoms with Gasteiger partial charge in [-0.2, -0.15) is 5.10 Å². The Hall–Kier alpha value is -3.93. The maximum atomic E-state index is 12.6. The first kappa shape index (κ1) is 18.4. The van der Waals surface area contributed by atoms with Crippen molar-refractivity contribution in [3.63, 3.8) is 0 Å². The molecule has 0 atom stereocenters. The Balaban J connectivity index is 1.57. The van der Waals surface area contributed by atoms with E-state index in [1.54, 1.807) is 11.0 Å². The molecule has 6 heteroatoms. The number of hydrogen-bond acceptors (Lipinski definition) is 4. The van der Waals surface area contributed by atoms with Crippen molar-refractivity contribution in [2.45, 2.75) is 13.0 Å². The summed E-state index contributed by atoms with van der Waals surface area (Å²) in [5.74, 6) is -0.0745. The third-order valence-corrected chi connectivity index (χ3v) is 4.48. The first-order valence-corrected chi connectivity index (χ1v) is 9.42. The lowest BCUT2D eigenvalue weighted by Crippen LogP contribution is -2.15. The summed E-state index contributed by atoms with van der Waals surface area (Å²) < 4.78 is 1.64. The zero-order valence-electron chi connectivity index (χ0n) is 15.8. The zero-order valence-corrected chi connectivity index (χ0v) is 15.8. The lowest BCUT2D eigenvalue weighted by atomic mass is 10.0. The Morgan fingerprint density at radius 3 is 2.38 bits per heavy atom. The van der Waals surface area contributed by atoms with Gasteiger partial charge in [-0.05, 0) is 29.8 Å². The van der Waals surface area contributed by atoms with Gasteiger partial charge in [0.25, 0.3) is 0 Å². The molecule has 0 aliphatic rings. The zero-order chi connectivity index (χ0) is 19.9. The van der Waals surface area contributed by atoms with Gasteiger partial charge in [0.15, 0.2) is 0 Å². The third kappa shape index (κ3) is 4.87. The predicted molar refractivity (Wildman–Crippen MR) is 115 cm³/mol. The van der Waals surface area contributed by atoms with Crippen molar-refractivity contribution in [1.82, 2.24) is 14.8 Å². The van der Waals surface area contributed by atoms with E-state index in [0.29, 0.717) is 13.0 Å². The van der Waals surface area contributed by atoms with E-state index in [-0.39, 0.29) is 5.91 Å². The summed E-state index contributed by atoms with van der Waals surface area (Å²) in [6.07, 6.45) is 3.38. The monoisotopic (exact) mass is 383 g/mol. The molecule has 0 fully saturated rings. The van der Waals surface area contributed by atoms with Crippen LogP contribution in [-0.2, 0) is 11.3 Å². The molecule has 3 aromatic carbocycles. The summed E-state index contributed by atoms with van der Waals surface area (Å²) in [5.41, 5.74) is 4.68. The minimum Gasteiger partial charge on any atom is -0.355 e. The number of amides is 1. The minimum atomic E-state index is -0.0745. The highest BCUT2D eigenvalue weighted by atomic mass is 16.1. The molecule has 4 aromatic rings. The number of carbonyl (C=O) groups excluding carboxylic acids is 1. The Morgan fingerprint density at radius 2 is 1.66 bits per heavy atom. The number of hydrogen-bond donors (Lipinski definition) is 2. The van der Waals surface area contributed by atoms with E-state index in [1.165, 1.54) is 6.33 Å². The summed E-state index contributed by atoms with van der Waals surface area (Å²) >= 11 is 0. The normalized spacial score (nSPS) is 10.5. The number of benzene rings is 3. The van der Waals surface area contributed by atoms with Crippen LogP contribution in [-0.4, -0.2) is 20.7 Å². The Bertz CT molecular complexity index is 1060. The smallest absolute Gasteiger partial charge is 0.226 e. The first-order chi connectivity index (χ1) is 14.3. The van der Waals surface area contributed by atoms with Gasteiger partial charge < -0.3 is 10.6 Å². The number of para-hydroxylation sites is 1. The van der Waals surface area contributed by atoms with E-state index in [9.17, 15) is 4.79 Å². The highest BCUT2D eigenvalue weighted by molar-refractivity contribution is 5.96. The van der Waals surface area contributed by atoms with Gasteiger partial charge in [-0.25, -0.2) is 4.98 Å². The molecule has 1 aromatic heterocycles. The van der Waals surface area contributed by atoms with Crippen molar-refractivity contribution >= 4 is 23.0 Å². The summed E-state index contributed by atoms with van der Waals surface area (Å²) in [7, 11) is 0. The van der Waals surface area contributed by atoms with Gasteiger partial charge >= 0.3 is 0 Å². The van der Waals surface area contributed by atoms with Crippen LogP contribution in [0.2, 0.25) is 0 Å². The van der Waals surface area contributed by atoms with E-state index in [2.05, 4.69) is 20.7 Å². The number of carbonyl (C=O) groups is 1. The topological polar surface area (TPSA) is 71.8 Å². The number of rotatable bonds is 7. The molecular weight excluding hydrogens is 362 g/mol. The number of aryl methyl sites for hydroxylation is 1. The van der Waals surface area contributed by atoms with Crippen molar-refractivity contribution in [2.75, 3.05) is 10.6 Å². The van der Waals surface area contributed by atoms with E-state index < -0.39 is 0 Å². The van der Waals surface area contributed by atoms with Crippen LogP contribution in [0.3, 0.4) is 0 Å². The maximum Gasteiger partial charge on any atom is 0.226 e. The van der Waals surface area contributed by atoms with Crippen LogP contribution in [0.5, 0.6) is 0 Å². The van der Waals surface area contributed by atoms with Crippen molar-refractivity contribution < 1.29 is 4.79 Å². The third-order valence-electron chi connectivity index (χ3n) is 4.48. The van der Waals surface area contributed by atoms with Crippen LogP contribution in [0.15, 0.2) is 91.5 Å². The molecule has 4 rings (SSSR count). The number of nitrogens with zero attached hydrogens (tertiary/aromatic N) is 3. The van der Waals surface area contributed by atoms with Gasteiger partial charge in [0.05, 0.1) is 12.2 Å². The number of aromatic nitrogens is 3. The van der Waals surface area contributed by atoms with Crippen LogP contribution in [0.25, 0.3) is 11.1 Å². The van der Waals surface area contributed by atoms with Gasteiger partial charge in [0.1, 0.15) is 12.7 Å². The minimum absolute atomic E-state index is 0.0745. The molecule has 0 spiro atoms. The van der Waals surface area contributed by atoms with Gasteiger partial charge in [-0.3, -0.25) is 9.48 Å². The molecule has 1 heterocycles. The molecule has 0 saturated carbocycles. The van der Waals surface area contributed by atoms with Crippen molar-refractivity contribution in [2.24, 2.45) is 0 Å². The summed E-state index contributed by atoms with van der Waals surface area (Å²) in [4.78, 5) is 16.5. The highest BCUT2D eigenvalue weighted by Gasteiger charge is 2.11. The van der Waals surface area contributed by atoms with Crippen molar-refractivity contribution in [3.8, 4) is 11.1 Å². The van der Waals surface area contributed by atoms with Crippen LogP contribution in [0.1, 0.15) is 6.42 Å². The Morgan fingerprint density at radius 1 is 0.897 bits per heavy atom. The molecule has 0 bridgehead atoms. The van der Waals surface area contributed by atoms with Crippen LogP contribution in [0, 0.1) is 0 Å². The van der Waals surface area contributed by atoms with E-state index in [1.807, 2.05) is 78.9 Å². The average Bonchev–Trinajstić information content (AvgIpc) is 3.28. The molecule has 0 aliphatic carbocycles. The second kappa shape index (κ2) is 8.84. The SMILES string of the molecule is O=C(CCn1cncn1)Nc1cc(Nc2ccccc2)ccc1-c1ccccc1. The molecule has 29 heavy (non-hydrogen) atoms. The van der Waals surface area contributed by atoms with Crippen molar-refractivity contribution in [3.05, 3.63) is 91.5 Å². The fourth-order valence-corrected chi connectivity index (χ4v) is 3.06. The molecule has 2 N–H and O–H groups in total. The lowest BCUT2D eigenvalue weighted by molar-refractivity contribution is -0.116. The van der Waals surface area contributed by atoms with E-state index in [4.69, 9.17) is 0 Å². The molecule has 0 saturated heterocycles. The highest BCUT2D eigenvalue weighted by Crippen LogP contribution is 2.32.